The van der Waals surface area contributed by atoms with Gasteiger partial charge >= 0.3 is 29.8 Å². The summed E-state index contributed by atoms with van der Waals surface area (Å²) in [5, 5.41) is 211. The van der Waals surface area contributed by atoms with Crippen LogP contribution in [0, 0.1) is 0 Å². The molecule has 0 aliphatic carbocycles. The summed E-state index contributed by atoms with van der Waals surface area (Å²) >= 11 is 0. The van der Waals surface area contributed by atoms with Crippen LogP contribution in [0.3, 0.4) is 0 Å². The lowest BCUT2D eigenvalue weighted by atomic mass is 9.91. The third-order valence-electron chi connectivity index (χ3n) is 12.6. The fourth-order valence-electron chi connectivity index (χ4n) is 8.44. The van der Waals surface area contributed by atoms with Crippen molar-refractivity contribution in [3.8, 4) is 103 Å². The molecule has 0 radical (unpaired) electrons. The van der Waals surface area contributed by atoms with Gasteiger partial charge < -0.3 is 140 Å². The van der Waals surface area contributed by atoms with Gasteiger partial charge in [-0.1, -0.05) is 0 Å². The second-order valence-electron chi connectivity index (χ2n) is 17.8. The van der Waals surface area contributed by atoms with E-state index in [4.69, 9.17) is 37.9 Å². The van der Waals surface area contributed by atoms with Crippen molar-refractivity contribution >= 4 is 29.8 Å². The van der Waals surface area contributed by atoms with Gasteiger partial charge in [0.1, 0.15) is 49.3 Å². The molecule has 10 atom stereocenters. The Labute approximate surface area is 447 Å². The van der Waals surface area contributed by atoms with Crippen LogP contribution in [0.1, 0.15) is 51.8 Å². The van der Waals surface area contributed by atoms with Crippen LogP contribution in [-0.4, -0.2) is 213 Å². The predicted molar refractivity (Wildman–Crippen MR) is 249 cm³/mol. The molecular formula is C48H42O33. The van der Waals surface area contributed by atoms with Crippen LogP contribution in [0.2, 0.25) is 0 Å². The molecule has 0 amide bonds. The molecule has 0 bridgehead atoms. The van der Waals surface area contributed by atoms with Gasteiger partial charge in [-0.15, -0.1) is 0 Å². The zero-order valence-electron chi connectivity index (χ0n) is 40.1. The van der Waals surface area contributed by atoms with Crippen molar-refractivity contribution in [1.29, 1.82) is 0 Å². The van der Waals surface area contributed by atoms with Gasteiger partial charge in [0, 0.05) is 23.3 Å². The van der Waals surface area contributed by atoms with Gasteiger partial charge in [-0.05, 0) is 30.3 Å². The van der Waals surface area contributed by atoms with Crippen LogP contribution in [0.5, 0.6) is 92.0 Å². The largest absolute Gasteiger partial charge is 0.504 e. The van der Waals surface area contributed by atoms with Crippen molar-refractivity contribution < 1.29 is 164 Å². The Hall–Kier alpha value is -9.87. The molecular weight excluding hydrogens is 1100 g/mol. The van der Waals surface area contributed by atoms with Gasteiger partial charge in [0.05, 0.1) is 28.9 Å². The molecule has 0 aromatic heterocycles. The number of phenols is 14. The van der Waals surface area contributed by atoms with Crippen LogP contribution < -0.4 is 4.74 Å². The first kappa shape index (κ1) is 57.3. The number of aromatic hydroxyl groups is 14. The minimum atomic E-state index is -3.10. The Balaban J connectivity index is 1.22. The summed E-state index contributed by atoms with van der Waals surface area (Å²) in [6.45, 7) is -3.88. The van der Waals surface area contributed by atoms with E-state index in [1.165, 1.54) is 0 Å². The topological polar surface area (TPSA) is 564 Å². The minimum absolute atomic E-state index is 0.328. The Morgan fingerprint density at radius 2 is 1.06 bits per heavy atom. The van der Waals surface area contributed by atoms with Crippen molar-refractivity contribution in [1.82, 2.24) is 0 Å². The standard InChI is InChI=1S/C48H42O33/c49-8-23-32(61)36(65)41(66)48(73,81-23)10-75-45(70)15-6-21(55)30(59)35(64)37(15)76-22-7-14-26(34(63)31(22)60)25-13(5-20(54)29(58)33(25)62)46(71)78-38-24(9-74-44(14)69)77-47(72)40(80-43(68)12-3-18(52)28(57)19(53)4-12)39(38)79-42(67)11-1-16(50)27(56)17(51)2-11/h1-7,23-24,32,36,38-41,47,49-66,72-73H,8-10H2. The summed E-state index contributed by atoms with van der Waals surface area (Å²) in [5.41, 5.74) is -7.69. The summed E-state index contributed by atoms with van der Waals surface area (Å²) in [7, 11) is 0. The van der Waals surface area contributed by atoms with Gasteiger partial charge in [-0.25, -0.2) is 24.0 Å². The first-order valence-corrected chi connectivity index (χ1v) is 22.7. The van der Waals surface area contributed by atoms with Crippen LogP contribution in [0.25, 0.3) is 11.1 Å². The van der Waals surface area contributed by atoms with E-state index in [2.05, 4.69) is 0 Å². The molecule has 20 N–H and O–H groups in total. The molecule has 2 saturated heterocycles. The number of cyclic esters (lactones) is 1. The van der Waals surface area contributed by atoms with Crippen LogP contribution in [0.15, 0.2) is 42.5 Å². The molecule has 0 saturated carbocycles. The molecule has 432 valence electrons. The molecule has 3 heterocycles. The van der Waals surface area contributed by atoms with Crippen molar-refractivity contribution in [2.45, 2.75) is 60.9 Å². The molecule has 33 nitrogen and oxygen atoms in total. The lowest BCUT2D eigenvalue weighted by molar-refractivity contribution is -0.357. The number of rotatable bonds is 10. The van der Waals surface area contributed by atoms with Gasteiger partial charge in [-0.2, -0.15) is 0 Å². The van der Waals surface area contributed by atoms with E-state index in [1.54, 1.807) is 0 Å². The Kier molecular flexibility index (Phi) is 15.1. The first-order valence-electron chi connectivity index (χ1n) is 22.7. The zero-order chi connectivity index (χ0) is 59.6. The van der Waals surface area contributed by atoms with Crippen LogP contribution in [0.4, 0.5) is 0 Å². The molecule has 2 fully saturated rings. The fourth-order valence-corrected chi connectivity index (χ4v) is 8.44. The fraction of sp³-hybridized carbons (Fsp3) is 0.271. The molecule has 8 rings (SSSR count). The highest BCUT2D eigenvalue weighted by Crippen LogP contribution is 2.55. The third kappa shape index (κ3) is 10.3. The number of phenolic OH excluding ortho intramolecular Hbond substituents is 14. The zero-order valence-corrected chi connectivity index (χ0v) is 40.1. The van der Waals surface area contributed by atoms with E-state index in [0.717, 1.165) is 0 Å². The second kappa shape index (κ2) is 21.4. The van der Waals surface area contributed by atoms with E-state index in [-0.39, 0.29) is 0 Å². The summed E-state index contributed by atoms with van der Waals surface area (Å²) < 4.78 is 42.9. The molecule has 5 aromatic rings. The Morgan fingerprint density at radius 3 is 1.62 bits per heavy atom. The smallest absolute Gasteiger partial charge is 0.342 e. The second-order valence-corrected chi connectivity index (χ2v) is 17.8. The molecule has 33 heteroatoms. The Bertz CT molecular complexity index is 3360. The van der Waals surface area contributed by atoms with Crippen molar-refractivity contribution in [3.63, 3.8) is 0 Å². The number of ether oxygens (including phenoxy) is 8. The first-order chi connectivity index (χ1) is 38.0. The highest BCUT2D eigenvalue weighted by Gasteiger charge is 2.55. The predicted octanol–water partition coefficient (Wildman–Crippen LogP) is -1.79. The number of carbonyl (C=O) groups excluding carboxylic acids is 5. The summed E-state index contributed by atoms with van der Waals surface area (Å²) in [4.78, 5) is 70.0. The number of hydrogen-bond donors (Lipinski definition) is 20. The van der Waals surface area contributed by atoms with Crippen molar-refractivity contribution in [3.05, 3.63) is 70.3 Å². The van der Waals surface area contributed by atoms with Crippen molar-refractivity contribution in [2.24, 2.45) is 0 Å². The van der Waals surface area contributed by atoms with Gasteiger partial charge in [0.15, 0.2) is 93.6 Å². The maximum absolute atomic E-state index is 14.6. The number of benzene rings is 5. The molecule has 5 aromatic carbocycles. The van der Waals surface area contributed by atoms with E-state index in [0.29, 0.717) is 42.5 Å². The quantitative estimate of drug-likeness (QED) is 0.0417. The summed E-state index contributed by atoms with van der Waals surface area (Å²) in [5.74, 6) is -33.3. The number of hydrogen-bond acceptors (Lipinski definition) is 33. The third-order valence-corrected chi connectivity index (χ3v) is 12.6. The number of esters is 5. The average molecular weight is 1150 g/mol. The molecule has 3 aliphatic heterocycles. The SMILES string of the molecule is O=C(OC1C(O)OC2COC(=O)c3cc(Oc4c(C(=O)OCC5(O)OC(CO)C(O)C(O)C5O)cc(O)c(O)c4O)c(O)c(O)c3-c3c(cc(O)c(O)c3O)C(=O)OC2C1OC(=O)c1cc(O)c(O)c(O)c1)c1cc(O)c(O)c(O)c1. The normalized spacial score (nSPS) is 24.4. The molecule has 81 heavy (non-hydrogen) atoms. The van der Waals surface area contributed by atoms with Gasteiger partial charge in [0.25, 0.3) is 0 Å². The lowest BCUT2D eigenvalue weighted by Crippen LogP contribution is -2.66. The maximum Gasteiger partial charge on any atom is 0.342 e. The van der Waals surface area contributed by atoms with E-state index in [1.807, 2.05) is 0 Å². The number of fused-ring (bicyclic) bond motifs is 4. The van der Waals surface area contributed by atoms with Gasteiger partial charge in [-0.3, -0.25) is 0 Å². The van der Waals surface area contributed by atoms with Crippen LogP contribution in [-0.2, 0) is 33.2 Å². The monoisotopic (exact) mass is 1150 g/mol. The van der Waals surface area contributed by atoms with Gasteiger partial charge in [0.2, 0.25) is 28.8 Å². The Morgan fingerprint density at radius 1 is 0.568 bits per heavy atom. The average Bonchev–Trinajstić information content (AvgIpc) is 3.55. The molecule has 10 unspecified atom stereocenters. The molecule has 3 aliphatic rings. The van der Waals surface area contributed by atoms with Crippen molar-refractivity contribution in [2.75, 3.05) is 19.8 Å². The van der Waals surface area contributed by atoms with E-state index < -0.39 is 242 Å². The number of aliphatic hydroxyl groups is 6. The van der Waals surface area contributed by atoms with Crippen LogP contribution >= 0.6 is 0 Å². The lowest BCUT2D eigenvalue weighted by Gasteiger charge is -2.44. The minimum Gasteiger partial charge on any atom is -0.504 e. The number of aliphatic hydroxyl groups excluding tert-OH is 5. The molecule has 0 spiro atoms. The highest BCUT2D eigenvalue weighted by molar-refractivity contribution is 6.08. The highest BCUT2D eigenvalue weighted by atomic mass is 16.7. The van der Waals surface area contributed by atoms with E-state index in [9.17, 15) is 126 Å². The summed E-state index contributed by atoms with van der Waals surface area (Å²) in [6, 6.07) is 3.18. The van der Waals surface area contributed by atoms with E-state index >= 15 is 0 Å². The number of carbonyl (C=O) groups is 5. The summed E-state index contributed by atoms with van der Waals surface area (Å²) in [6.07, 6.45) is -20.6. The maximum atomic E-state index is 14.6.